The molecule has 0 aromatic heterocycles. The molecular formula is C15H23NO2. The number of rotatable bonds is 6. The summed E-state index contributed by atoms with van der Waals surface area (Å²) in [7, 11) is 0. The highest BCUT2D eigenvalue weighted by Gasteiger charge is 2.30. The van der Waals surface area contributed by atoms with Gasteiger partial charge in [0.15, 0.2) is 0 Å². The predicted molar refractivity (Wildman–Crippen MR) is 72.3 cm³/mol. The van der Waals surface area contributed by atoms with E-state index >= 15 is 0 Å². The Kier molecular flexibility index (Phi) is 5.17. The van der Waals surface area contributed by atoms with E-state index in [9.17, 15) is 0 Å². The Bertz CT molecular complexity index is 334. The van der Waals surface area contributed by atoms with E-state index in [1.807, 2.05) is 18.2 Å². The average molecular weight is 249 g/mol. The zero-order chi connectivity index (χ0) is 12.7. The lowest BCUT2D eigenvalue weighted by Gasteiger charge is -2.36. The molecule has 1 fully saturated rings. The molecule has 1 aliphatic heterocycles. The van der Waals surface area contributed by atoms with Gasteiger partial charge in [-0.2, -0.15) is 0 Å². The first kappa shape index (κ1) is 13.5. The number of ether oxygens (including phenoxy) is 2. The maximum atomic E-state index is 5.92. The lowest BCUT2D eigenvalue weighted by molar-refractivity contribution is -0.00421. The lowest BCUT2D eigenvalue weighted by Crippen LogP contribution is -2.37. The van der Waals surface area contributed by atoms with Crippen LogP contribution < -0.4 is 5.73 Å². The smallest absolute Gasteiger partial charge is 0.0716 e. The van der Waals surface area contributed by atoms with Crippen LogP contribution in [0.2, 0.25) is 0 Å². The van der Waals surface area contributed by atoms with Gasteiger partial charge < -0.3 is 15.2 Å². The molecule has 0 unspecified atom stereocenters. The topological polar surface area (TPSA) is 44.5 Å². The highest BCUT2D eigenvalue weighted by atomic mass is 16.5. The molecule has 1 aromatic carbocycles. The van der Waals surface area contributed by atoms with Gasteiger partial charge in [-0.05, 0) is 36.8 Å². The van der Waals surface area contributed by atoms with Crippen LogP contribution in [0.1, 0.15) is 24.8 Å². The molecule has 18 heavy (non-hydrogen) atoms. The quantitative estimate of drug-likeness (QED) is 0.787. The van der Waals surface area contributed by atoms with Crippen molar-refractivity contribution in [3.8, 4) is 0 Å². The van der Waals surface area contributed by atoms with E-state index in [4.69, 9.17) is 15.2 Å². The molecule has 100 valence electrons. The van der Waals surface area contributed by atoms with Crippen molar-refractivity contribution in [2.24, 2.45) is 11.1 Å². The summed E-state index contributed by atoms with van der Waals surface area (Å²) in [6, 6.07) is 10.3. The van der Waals surface area contributed by atoms with Crippen molar-refractivity contribution in [1.29, 1.82) is 0 Å². The van der Waals surface area contributed by atoms with Crippen molar-refractivity contribution in [3.05, 3.63) is 35.9 Å². The van der Waals surface area contributed by atoms with Gasteiger partial charge in [-0.25, -0.2) is 0 Å². The fourth-order valence-electron chi connectivity index (χ4n) is 2.41. The normalized spacial score (nSPS) is 18.7. The van der Waals surface area contributed by atoms with Crippen molar-refractivity contribution in [2.45, 2.75) is 25.9 Å². The van der Waals surface area contributed by atoms with Crippen LogP contribution in [-0.4, -0.2) is 26.4 Å². The molecule has 0 amide bonds. The number of nitrogens with two attached hydrogens (primary N) is 1. The molecule has 0 bridgehead atoms. The van der Waals surface area contributed by atoms with Gasteiger partial charge in [0.25, 0.3) is 0 Å². The molecule has 1 heterocycles. The van der Waals surface area contributed by atoms with Crippen molar-refractivity contribution in [1.82, 2.24) is 0 Å². The molecule has 0 spiro atoms. The first-order valence-electron chi connectivity index (χ1n) is 6.74. The molecule has 1 aliphatic rings. The van der Waals surface area contributed by atoms with Crippen LogP contribution in [0.3, 0.4) is 0 Å². The van der Waals surface area contributed by atoms with Crippen molar-refractivity contribution in [2.75, 3.05) is 26.4 Å². The van der Waals surface area contributed by atoms with Crippen molar-refractivity contribution >= 4 is 0 Å². The number of hydrogen-bond donors (Lipinski definition) is 1. The second-order valence-electron chi connectivity index (χ2n) is 5.10. The molecule has 2 rings (SSSR count). The predicted octanol–water partition coefficient (Wildman–Crippen LogP) is 2.35. The third-order valence-electron chi connectivity index (χ3n) is 3.87. The SMILES string of the molecule is NCC1(CCOCc2ccccc2)CCOCC1. The van der Waals surface area contributed by atoms with Crippen LogP contribution in [0.5, 0.6) is 0 Å². The molecular weight excluding hydrogens is 226 g/mol. The third kappa shape index (κ3) is 3.80. The fourth-order valence-corrected chi connectivity index (χ4v) is 2.41. The average Bonchev–Trinajstić information content (AvgIpc) is 2.46. The highest BCUT2D eigenvalue weighted by Crippen LogP contribution is 2.32. The van der Waals surface area contributed by atoms with Gasteiger partial charge >= 0.3 is 0 Å². The molecule has 0 aliphatic carbocycles. The van der Waals surface area contributed by atoms with E-state index in [2.05, 4.69) is 12.1 Å². The molecule has 3 heteroatoms. The van der Waals surface area contributed by atoms with E-state index in [1.165, 1.54) is 5.56 Å². The van der Waals surface area contributed by atoms with Crippen LogP contribution in [0.25, 0.3) is 0 Å². The van der Waals surface area contributed by atoms with Gasteiger partial charge in [-0.3, -0.25) is 0 Å². The van der Waals surface area contributed by atoms with Crippen LogP contribution in [-0.2, 0) is 16.1 Å². The highest BCUT2D eigenvalue weighted by molar-refractivity contribution is 5.13. The summed E-state index contributed by atoms with van der Waals surface area (Å²) in [5.74, 6) is 0. The Hall–Kier alpha value is -0.900. The zero-order valence-electron chi connectivity index (χ0n) is 10.9. The Morgan fingerprint density at radius 3 is 2.56 bits per heavy atom. The molecule has 0 radical (unpaired) electrons. The standard InChI is InChI=1S/C15H23NO2/c16-13-15(6-9-17-10-7-15)8-11-18-12-14-4-2-1-3-5-14/h1-5H,6-13,16H2. The number of hydrogen-bond acceptors (Lipinski definition) is 3. The maximum absolute atomic E-state index is 5.92. The third-order valence-corrected chi connectivity index (χ3v) is 3.87. The van der Waals surface area contributed by atoms with E-state index < -0.39 is 0 Å². The summed E-state index contributed by atoms with van der Waals surface area (Å²) >= 11 is 0. The molecule has 3 nitrogen and oxygen atoms in total. The maximum Gasteiger partial charge on any atom is 0.0716 e. The van der Waals surface area contributed by atoms with Gasteiger partial charge in [0, 0.05) is 19.8 Å². The minimum absolute atomic E-state index is 0.245. The Morgan fingerprint density at radius 2 is 1.89 bits per heavy atom. The molecule has 1 saturated heterocycles. The minimum atomic E-state index is 0.245. The summed E-state index contributed by atoms with van der Waals surface area (Å²) in [6.07, 6.45) is 3.18. The fraction of sp³-hybridized carbons (Fsp3) is 0.600. The molecule has 1 aromatic rings. The lowest BCUT2D eigenvalue weighted by atomic mass is 9.78. The monoisotopic (exact) mass is 249 g/mol. The molecule has 2 N–H and O–H groups in total. The van der Waals surface area contributed by atoms with Crippen LogP contribution in [0, 0.1) is 5.41 Å². The van der Waals surface area contributed by atoms with Crippen molar-refractivity contribution in [3.63, 3.8) is 0 Å². The summed E-state index contributed by atoms with van der Waals surface area (Å²) in [5.41, 5.74) is 7.39. The second-order valence-corrected chi connectivity index (χ2v) is 5.10. The first-order valence-corrected chi connectivity index (χ1v) is 6.74. The Morgan fingerprint density at radius 1 is 1.17 bits per heavy atom. The zero-order valence-corrected chi connectivity index (χ0v) is 10.9. The van der Waals surface area contributed by atoms with Crippen molar-refractivity contribution < 1.29 is 9.47 Å². The molecule has 0 saturated carbocycles. The van der Waals surface area contributed by atoms with E-state index in [0.717, 1.165) is 45.6 Å². The summed E-state index contributed by atoms with van der Waals surface area (Å²) in [6.45, 7) is 3.90. The largest absolute Gasteiger partial charge is 0.381 e. The van der Waals surface area contributed by atoms with E-state index in [0.29, 0.717) is 6.61 Å². The van der Waals surface area contributed by atoms with Crippen LogP contribution in [0.4, 0.5) is 0 Å². The van der Waals surface area contributed by atoms with Crippen LogP contribution in [0.15, 0.2) is 30.3 Å². The summed E-state index contributed by atoms with van der Waals surface area (Å²) in [5, 5.41) is 0. The Labute approximate surface area is 109 Å². The van der Waals surface area contributed by atoms with Gasteiger partial charge in [0.05, 0.1) is 6.61 Å². The minimum Gasteiger partial charge on any atom is -0.381 e. The van der Waals surface area contributed by atoms with Gasteiger partial charge in [-0.15, -0.1) is 0 Å². The van der Waals surface area contributed by atoms with E-state index in [-0.39, 0.29) is 5.41 Å². The second kappa shape index (κ2) is 6.88. The Balaban J connectivity index is 1.71. The van der Waals surface area contributed by atoms with Crippen LogP contribution >= 0.6 is 0 Å². The first-order chi connectivity index (χ1) is 8.85. The van der Waals surface area contributed by atoms with Gasteiger partial charge in [-0.1, -0.05) is 30.3 Å². The van der Waals surface area contributed by atoms with E-state index in [1.54, 1.807) is 0 Å². The summed E-state index contributed by atoms with van der Waals surface area (Å²) in [4.78, 5) is 0. The van der Waals surface area contributed by atoms with Gasteiger partial charge in [0.2, 0.25) is 0 Å². The number of benzene rings is 1. The summed E-state index contributed by atoms with van der Waals surface area (Å²) < 4.78 is 11.2. The van der Waals surface area contributed by atoms with Gasteiger partial charge in [0.1, 0.15) is 0 Å². The molecule has 0 atom stereocenters.